The summed E-state index contributed by atoms with van der Waals surface area (Å²) in [6, 6.07) is 0. The van der Waals surface area contributed by atoms with Crippen molar-refractivity contribution in [3.05, 3.63) is 0 Å². The summed E-state index contributed by atoms with van der Waals surface area (Å²) in [6.07, 6.45) is -1.25. The molecular formula is C13H19F3O2. The minimum atomic E-state index is -4.66. The molecule has 0 heterocycles. The van der Waals surface area contributed by atoms with Crippen LogP contribution in [-0.2, 0) is 4.79 Å². The Labute approximate surface area is 105 Å². The minimum Gasteiger partial charge on any atom is -0.381 e. The summed E-state index contributed by atoms with van der Waals surface area (Å²) in [5.41, 5.74) is -2.75. The number of Topliss-reactive ketones (excluding diaryl/α,β-unsaturated/α-hetero) is 1. The van der Waals surface area contributed by atoms with Gasteiger partial charge in [0, 0.05) is 12.3 Å². The van der Waals surface area contributed by atoms with Crippen molar-refractivity contribution in [2.45, 2.75) is 57.2 Å². The lowest BCUT2D eigenvalue weighted by molar-refractivity contribution is -0.254. The van der Waals surface area contributed by atoms with Crippen LogP contribution < -0.4 is 0 Å². The molecule has 104 valence electrons. The average molecular weight is 264 g/mol. The van der Waals surface area contributed by atoms with Crippen LogP contribution in [0.5, 0.6) is 0 Å². The van der Waals surface area contributed by atoms with Crippen molar-refractivity contribution in [1.29, 1.82) is 0 Å². The highest BCUT2D eigenvalue weighted by Gasteiger charge is 2.50. The van der Waals surface area contributed by atoms with E-state index in [0.29, 0.717) is 11.8 Å². The van der Waals surface area contributed by atoms with Gasteiger partial charge in [-0.1, -0.05) is 6.42 Å². The van der Waals surface area contributed by atoms with Crippen LogP contribution in [0.25, 0.3) is 0 Å². The van der Waals surface area contributed by atoms with Gasteiger partial charge in [0.25, 0.3) is 0 Å². The molecule has 2 rings (SSSR count). The molecule has 18 heavy (non-hydrogen) atoms. The van der Waals surface area contributed by atoms with Gasteiger partial charge in [-0.25, -0.2) is 0 Å². The predicted molar refractivity (Wildman–Crippen MR) is 59.9 cm³/mol. The Hall–Kier alpha value is -0.580. The first-order chi connectivity index (χ1) is 8.21. The van der Waals surface area contributed by atoms with Crippen molar-refractivity contribution in [2.75, 3.05) is 0 Å². The predicted octanol–water partition coefficient (Wildman–Crippen LogP) is 3.09. The van der Waals surface area contributed by atoms with Crippen LogP contribution in [0.1, 0.15) is 45.4 Å². The standard InChI is InChI=1S/C13H19F3O2/c1-12(18,13(14,15)16)5-4-11(17)10-7-8-2-3-9(10)6-8/h8-10,18H,2-7H2,1H3. The fourth-order valence-corrected chi connectivity index (χ4v) is 3.33. The highest BCUT2D eigenvalue weighted by molar-refractivity contribution is 5.81. The molecule has 0 spiro atoms. The molecule has 5 heteroatoms. The van der Waals surface area contributed by atoms with E-state index in [-0.39, 0.29) is 18.1 Å². The molecule has 0 aromatic rings. The lowest BCUT2D eigenvalue weighted by Crippen LogP contribution is -2.42. The van der Waals surface area contributed by atoms with Gasteiger partial charge in [-0.3, -0.25) is 4.79 Å². The molecule has 0 aromatic heterocycles. The maximum atomic E-state index is 12.4. The number of carbonyl (C=O) groups excluding carboxylic acids is 1. The first kappa shape index (κ1) is 13.8. The molecule has 1 N–H and O–H groups in total. The van der Waals surface area contributed by atoms with E-state index in [1.54, 1.807) is 0 Å². The van der Waals surface area contributed by atoms with Crippen molar-refractivity contribution >= 4 is 5.78 Å². The largest absolute Gasteiger partial charge is 0.416 e. The van der Waals surface area contributed by atoms with Crippen LogP contribution in [-0.4, -0.2) is 22.7 Å². The molecule has 2 fully saturated rings. The maximum Gasteiger partial charge on any atom is 0.416 e. The van der Waals surface area contributed by atoms with E-state index in [1.165, 1.54) is 0 Å². The van der Waals surface area contributed by atoms with E-state index in [0.717, 1.165) is 32.6 Å². The second-order valence-electron chi connectivity index (χ2n) is 6.02. The van der Waals surface area contributed by atoms with Gasteiger partial charge in [-0.05, 0) is 44.4 Å². The molecule has 0 aliphatic heterocycles. The second kappa shape index (κ2) is 4.51. The van der Waals surface area contributed by atoms with E-state index in [9.17, 15) is 23.1 Å². The normalized spacial score (nSPS) is 34.6. The third-order valence-corrected chi connectivity index (χ3v) is 4.62. The summed E-state index contributed by atoms with van der Waals surface area (Å²) in [5.74, 6) is 0.852. The van der Waals surface area contributed by atoms with Gasteiger partial charge >= 0.3 is 6.18 Å². The number of carbonyl (C=O) groups is 1. The molecule has 0 aromatic carbocycles. The first-order valence-electron chi connectivity index (χ1n) is 6.52. The van der Waals surface area contributed by atoms with Gasteiger partial charge in [0.15, 0.2) is 5.60 Å². The highest BCUT2D eigenvalue weighted by Crippen LogP contribution is 2.49. The van der Waals surface area contributed by atoms with E-state index in [1.807, 2.05) is 0 Å². The van der Waals surface area contributed by atoms with Crippen LogP contribution in [0.15, 0.2) is 0 Å². The molecule has 2 aliphatic rings. The first-order valence-corrected chi connectivity index (χ1v) is 6.52. The third kappa shape index (κ3) is 2.56. The Morgan fingerprint density at radius 3 is 2.39 bits per heavy atom. The van der Waals surface area contributed by atoms with Gasteiger partial charge in [-0.2, -0.15) is 13.2 Å². The summed E-state index contributed by atoms with van der Waals surface area (Å²) in [6.45, 7) is 0.737. The summed E-state index contributed by atoms with van der Waals surface area (Å²) >= 11 is 0. The summed E-state index contributed by atoms with van der Waals surface area (Å²) in [5, 5.41) is 9.30. The SMILES string of the molecule is CC(O)(CCC(=O)C1CC2CCC1C2)C(F)(F)F. The molecule has 2 saturated carbocycles. The van der Waals surface area contributed by atoms with Crippen molar-refractivity contribution in [3.63, 3.8) is 0 Å². The van der Waals surface area contributed by atoms with Crippen LogP contribution >= 0.6 is 0 Å². The van der Waals surface area contributed by atoms with E-state index < -0.39 is 18.2 Å². The third-order valence-electron chi connectivity index (χ3n) is 4.62. The fraction of sp³-hybridized carbons (Fsp3) is 0.923. The minimum absolute atomic E-state index is 0.0483. The topological polar surface area (TPSA) is 37.3 Å². The molecule has 0 radical (unpaired) electrons. The van der Waals surface area contributed by atoms with Gasteiger partial charge in [-0.15, -0.1) is 0 Å². The highest BCUT2D eigenvalue weighted by atomic mass is 19.4. The lowest BCUT2D eigenvalue weighted by atomic mass is 9.83. The smallest absolute Gasteiger partial charge is 0.381 e. The zero-order valence-corrected chi connectivity index (χ0v) is 10.5. The number of hydrogen-bond donors (Lipinski definition) is 1. The van der Waals surface area contributed by atoms with E-state index >= 15 is 0 Å². The van der Waals surface area contributed by atoms with Crippen LogP contribution in [0.2, 0.25) is 0 Å². The molecule has 2 bridgehead atoms. The van der Waals surface area contributed by atoms with E-state index in [2.05, 4.69) is 0 Å². The molecule has 2 aliphatic carbocycles. The summed E-state index contributed by atoms with van der Waals surface area (Å²) in [4.78, 5) is 11.9. The van der Waals surface area contributed by atoms with E-state index in [4.69, 9.17) is 0 Å². The zero-order valence-electron chi connectivity index (χ0n) is 10.5. The zero-order chi connectivity index (χ0) is 13.6. The van der Waals surface area contributed by atoms with Crippen molar-refractivity contribution in [3.8, 4) is 0 Å². The lowest BCUT2D eigenvalue weighted by Gasteiger charge is -2.27. The number of alkyl halides is 3. The van der Waals surface area contributed by atoms with Gasteiger partial charge in [0.1, 0.15) is 5.78 Å². The number of hydrogen-bond acceptors (Lipinski definition) is 2. The van der Waals surface area contributed by atoms with Crippen molar-refractivity contribution < 1.29 is 23.1 Å². The summed E-state index contributed by atoms with van der Waals surface area (Å²) < 4.78 is 37.3. The number of rotatable bonds is 4. The quantitative estimate of drug-likeness (QED) is 0.847. The van der Waals surface area contributed by atoms with Crippen molar-refractivity contribution in [2.24, 2.45) is 17.8 Å². The summed E-state index contributed by atoms with van der Waals surface area (Å²) in [7, 11) is 0. The molecule has 4 unspecified atom stereocenters. The maximum absolute atomic E-state index is 12.4. The Balaban J connectivity index is 1.86. The monoisotopic (exact) mass is 264 g/mol. The van der Waals surface area contributed by atoms with Crippen LogP contribution in [0.3, 0.4) is 0 Å². The Morgan fingerprint density at radius 1 is 1.28 bits per heavy atom. The Morgan fingerprint density at radius 2 is 1.94 bits per heavy atom. The molecule has 0 saturated heterocycles. The average Bonchev–Trinajstić information content (AvgIpc) is 2.85. The van der Waals surface area contributed by atoms with Gasteiger partial charge in [0.2, 0.25) is 0 Å². The Kier molecular flexibility index (Phi) is 3.47. The number of fused-ring (bicyclic) bond motifs is 2. The van der Waals surface area contributed by atoms with Crippen LogP contribution in [0, 0.1) is 17.8 Å². The number of halogens is 3. The Bertz CT molecular complexity index is 336. The number of aliphatic hydroxyl groups is 1. The van der Waals surface area contributed by atoms with Crippen molar-refractivity contribution in [1.82, 2.24) is 0 Å². The molecule has 0 amide bonds. The van der Waals surface area contributed by atoms with Gasteiger partial charge < -0.3 is 5.11 Å². The molecule has 2 nitrogen and oxygen atoms in total. The molecular weight excluding hydrogens is 245 g/mol. The van der Waals surface area contributed by atoms with Crippen LogP contribution in [0.4, 0.5) is 13.2 Å². The number of ketones is 1. The van der Waals surface area contributed by atoms with Gasteiger partial charge in [0.05, 0.1) is 0 Å². The fourth-order valence-electron chi connectivity index (χ4n) is 3.33. The second-order valence-corrected chi connectivity index (χ2v) is 6.02. The molecule has 4 atom stereocenters.